The predicted octanol–water partition coefficient (Wildman–Crippen LogP) is 3.43. The second-order valence-corrected chi connectivity index (χ2v) is 4.93. The minimum Gasteiger partial charge on any atom is -0.386 e. The van der Waals surface area contributed by atoms with Crippen LogP contribution in [0.25, 0.3) is 0 Å². The van der Waals surface area contributed by atoms with Gasteiger partial charge in [-0.3, -0.25) is 4.79 Å². The lowest BCUT2D eigenvalue weighted by Gasteiger charge is -2.08. The third-order valence-electron chi connectivity index (χ3n) is 2.99. The fourth-order valence-corrected chi connectivity index (χ4v) is 1.84. The smallest absolute Gasteiger partial charge is 0.265 e. The van der Waals surface area contributed by atoms with E-state index in [2.05, 4.69) is 10.5 Å². The Morgan fingerprint density at radius 2 is 2.09 bits per heavy atom. The molecule has 114 valence electrons. The summed E-state index contributed by atoms with van der Waals surface area (Å²) in [5.41, 5.74) is 3.35. The van der Waals surface area contributed by atoms with Crippen molar-refractivity contribution in [3.05, 3.63) is 65.0 Å². The largest absolute Gasteiger partial charge is 0.386 e. The molecule has 2 rings (SSSR count). The summed E-state index contributed by atoms with van der Waals surface area (Å²) in [6.45, 7) is 3.66. The lowest BCUT2D eigenvalue weighted by atomic mass is 10.1. The molecular weight excluding hydrogens is 283 g/mol. The summed E-state index contributed by atoms with van der Waals surface area (Å²) in [6.07, 6.45) is 1.36. The summed E-state index contributed by atoms with van der Waals surface area (Å²) in [5, 5.41) is 6.41. The molecule has 0 spiro atoms. The standard InChI is InChI=1S/C17H17FN2O2/c1-12-6-7-13(2)16(8-12)20-17(21)11-22-19-10-14-4-3-5-15(18)9-14/h3-10H,11H2,1-2H3,(H,20,21)/b19-10-. The molecule has 0 saturated heterocycles. The first-order chi connectivity index (χ1) is 10.5. The Morgan fingerprint density at radius 1 is 1.27 bits per heavy atom. The Balaban J connectivity index is 1.84. The van der Waals surface area contributed by atoms with Crippen molar-refractivity contribution in [3.8, 4) is 0 Å². The average molecular weight is 300 g/mol. The summed E-state index contributed by atoms with van der Waals surface area (Å²) in [4.78, 5) is 16.7. The van der Waals surface area contributed by atoms with E-state index >= 15 is 0 Å². The van der Waals surface area contributed by atoms with Gasteiger partial charge in [0, 0.05) is 5.69 Å². The van der Waals surface area contributed by atoms with Crippen LogP contribution >= 0.6 is 0 Å². The van der Waals surface area contributed by atoms with Gasteiger partial charge >= 0.3 is 0 Å². The van der Waals surface area contributed by atoms with Crippen LogP contribution in [0, 0.1) is 19.7 Å². The van der Waals surface area contributed by atoms with Gasteiger partial charge < -0.3 is 10.2 Å². The maximum absolute atomic E-state index is 13.0. The first-order valence-electron chi connectivity index (χ1n) is 6.82. The van der Waals surface area contributed by atoms with Gasteiger partial charge in [-0.2, -0.15) is 0 Å². The van der Waals surface area contributed by atoms with Gasteiger partial charge in [0.05, 0.1) is 6.21 Å². The number of carbonyl (C=O) groups is 1. The topological polar surface area (TPSA) is 50.7 Å². The number of hydrogen-bond donors (Lipinski definition) is 1. The first kappa shape index (κ1) is 15.7. The second kappa shape index (κ2) is 7.36. The molecule has 0 aliphatic carbocycles. The number of halogens is 1. The van der Waals surface area contributed by atoms with Gasteiger partial charge in [-0.05, 0) is 48.7 Å². The van der Waals surface area contributed by atoms with Crippen LogP contribution in [0.5, 0.6) is 0 Å². The van der Waals surface area contributed by atoms with Crippen LogP contribution in [0.2, 0.25) is 0 Å². The minimum absolute atomic E-state index is 0.209. The third-order valence-corrected chi connectivity index (χ3v) is 2.99. The molecule has 22 heavy (non-hydrogen) atoms. The summed E-state index contributed by atoms with van der Waals surface area (Å²) in [7, 11) is 0. The molecule has 2 aromatic rings. The molecule has 0 bridgehead atoms. The molecule has 0 atom stereocenters. The van der Waals surface area contributed by atoms with E-state index in [1.807, 2.05) is 32.0 Å². The number of carbonyl (C=O) groups excluding carboxylic acids is 1. The molecule has 1 N–H and O–H groups in total. The van der Waals surface area contributed by atoms with Crippen LogP contribution in [0.4, 0.5) is 10.1 Å². The highest BCUT2D eigenvalue weighted by atomic mass is 19.1. The molecule has 0 unspecified atom stereocenters. The van der Waals surface area contributed by atoms with Crippen LogP contribution in [0.3, 0.4) is 0 Å². The van der Waals surface area contributed by atoms with E-state index in [0.717, 1.165) is 16.8 Å². The number of oxime groups is 1. The molecule has 0 radical (unpaired) electrons. The van der Waals surface area contributed by atoms with E-state index in [0.29, 0.717) is 5.56 Å². The van der Waals surface area contributed by atoms with Crippen molar-refractivity contribution in [3.63, 3.8) is 0 Å². The van der Waals surface area contributed by atoms with E-state index in [1.54, 1.807) is 12.1 Å². The number of benzene rings is 2. The summed E-state index contributed by atoms with van der Waals surface area (Å²) >= 11 is 0. The molecule has 5 heteroatoms. The number of nitrogens with one attached hydrogen (secondary N) is 1. The molecule has 0 aromatic heterocycles. The van der Waals surface area contributed by atoms with E-state index < -0.39 is 0 Å². The van der Waals surface area contributed by atoms with Crippen LogP contribution < -0.4 is 5.32 Å². The molecule has 1 amide bonds. The van der Waals surface area contributed by atoms with Crippen LogP contribution in [0.1, 0.15) is 16.7 Å². The minimum atomic E-state index is -0.350. The van der Waals surface area contributed by atoms with Gasteiger partial charge in [0.2, 0.25) is 0 Å². The van der Waals surface area contributed by atoms with E-state index in [1.165, 1.54) is 18.3 Å². The van der Waals surface area contributed by atoms with Crippen molar-refractivity contribution in [2.45, 2.75) is 13.8 Å². The number of hydrogen-bond acceptors (Lipinski definition) is 3. The molecular formula is C17H17FN2O2. The molecule has 0 aliphatic rings. The van der Waals surface area contributed by atoms with Gasteiger partial charge in [-0.1, -0.05) is 29.4 Å². The molecule has 0 fully saturated rings. The molecule has 0 aliphatic heterocycles. The van der Waals surface area contributed by atoms with Gasteiger partial charge in [0.1, 0.15) is 5.82 Å². The van der Waals surface area contributed by atoms with Gasteiger partial charge in [0.15, 0.2) is 6.61 Å². The molecule has 0 saturated carbocycles. The number of nitrogens with zero attached hydrogens (tertiary/aromatic N) is 1. The Bertz CT molecular complexity index is 699. The van der Waals surface area contributed by atoms with E-state index in [-0.39, 0.29) is 18.3 Å². The van der Waals surface area contributed by atoms with E-state index in [4.69, 9.17) is 4.84 Å². The van der Waals surface area contributed by atoms with E-state index in [9.17, 15) is 9.18 Å². The second-order valence-electron chi connectivity index (χ2n) is 4.93. The fourth-order valence-electron chi connectivity index (χ4n) is 1.84. The van der Waals surface area contributed by atoms with Crippen LogP contribution in [-0.2, 0) is 9.63 Å². The Hall–Kier alpha value is -2.69. The number of amides is 1. The summed E-state index contributed by atoms with van der Waals surface area (Å²) in [5.74, 6) is -0.651. The monoisotopic (exact) mass is 300 g/mol. The van der Waals surface area contributed by atoms with Gasteiger partial charge in [0.25, 0.3) is 5.91 Å². The van der Waals surface area contributed by atoms with Crippen molar-refractivity contribution in [1.82, 2.24) is 0 Å². The Labute approximate surface area is 128 Å². The molecule has 4 nitrogen and oxygen atoms in total. The predicted molar refractivity (Wildman–Crippen MR) is 84.5 cm³/mol. The zero-order chi connectivity index (χ0) is 15.9. The van der Waals surface area contributed by atoms with Crippen molar-refractivity contribution < 1.29 is 14.0 Å². The van der Waals surface area contributed by atoms with Crippen molar-refractivity contribution in [1.29, 1.82) is 0 Å². The Kier molecular flexibility index (Phi) is 5.25. The first-order valence-corrected chi connectivity index (χ1v) is 6.82. The highest BCUT2D eigenvalue weighted by Gasteiger charge is 2.05. The Morgan fingerprint density at radius 3 is 2.86 bits per heavy atom. The normalized spacial score (nSPS) is 10.7. The zero-order valence-corrected chi connectivity index (χ0v) is 12.5. The average Bonchev–Trinajstić information content (AvgIpc) is 2.48. The van der Waals surface area contributed by atoms with Crippen LogP contribution in [-0.4, -0.2) is 18.7 Å². The number of aryl methyl sites for hydroxylation is 2. The maximum atomic E-state index is 13.0. The molecule has 0 heterocycles. The summed E-state index contributed by atoms with van der Waals surface area (Å²) in [6, 6.07) is 11.7. The summed E-state index contributed by atoms with van der Waals surface area (Å²) < 4.78 is 13.0. The number of anilines is 1. The van der Waals surface area contributed by atoms with Crippen molar-refractivity contribution >= 4 is 17.8 Å². The highest BCUT2D eigenvalue weighted by molar-refractivity contribution is 5.92. The number of rotatable bonds is 5. The third kappa shape index (κ3) is 4.70. The maximum Gasteiger partial charge on any atom is 0.265 e. The van der Waals surface area contributed by atoms with Gasteiger partial charge in [-0.25, -0.2) is 4.39 Å². The SMILES string of the molecule is Cc1ccc(C)c(NC(=O)CO/N=C\c2cccc(F)c2)c1. The van der Waals surface area contributed by atoms with Gasteiger partial charge in [-0.15, -0.1) is 0 Å². The lowest BCUT2D eigenvalue weighted by molar-refractivity contribution is -0.120. The van der Waals surface area contributed by atoms with Crippen molar-refractivity contribution in [2.75, 3.05) is 11.9 Å². The van der Waals surface area contributed by atoms with Crippen LogP contribution in [0.15, 0.2) is 47.6 Å². The lowest BCUT2D eigenvalue weighted by Crippen LogP contribution is -2.17. The molecule has 2 aromatic carbocycles. The fraction of sp³-hybridized carbons (Fsp3) is 0.176. The zero-order valence-electron chi connectivity index (χ0n) is 12.5. The van der Waals surface area contributed by atoms with Crippen molar-refractivity contribution in [2.24, 2.45) is 5.16 Å². The highest BCUT2D eigenvalue weighted by Crippen LogP contribution is 2.16. The quantitative estimate of drug-likeness (QED) is 0.679.